The minimum Gasteiger partial charge on any atom is -0.299 e. The number of aryl methyl sites for hydroxylation is 1. The Hall–Kier alpha value is -2.40. The van der Waals surface area contributed by atoms with Gasteiger partial charge in [-0.25, -0.2) is 8.42 Å². The second kappa shape index (κ2) is 10.3. The van der Waals surface area contributed by atoms with Crippen molar-refractivity contribution in [3.63, 3.8) is 0 Å². The van der Waals surface area contributed by atoms with Crippen molar-refractivity contribution >= 4 is 61.4 Å². The lowest BCUT2D eigenvalue weighted by molar-refractivity contribution is -0.114. The number of hydrogen-bond donors (Lipinski definition) is 1. The Morgan fingerprint density at radius 2 is 2.00 bits per heavy atom. The number of halogens is 1. The van der Waals surface area contributed by atoms with Gasteiger partial charge in [-0.1, -0.05) is 65.0 Å². The Bertz CT molecular complexity index is 1180. The van der Waals surface area contributed by atoms with E-state index < -0.39 is 22.5 Å². The maximum Gasteiger partial charge on any atom is 0.264 e. The van der Waals surface area contributed by atoms with Crippen molar-refractivity contribution in [2.24, 2.45) is 0 Å². The molecule has 0 unspecified atom stereocenters. The quantitative estimate of drug-likeness (QED) is 0.265. The first-order valence-corrected chi connectivity index (χ1v) is 12.6. The lowest BCUT2D eigenvalue weighted by Crippen LogP contribution is -2.38. The third-order valence-electron chi connectivity index (χ3n) is 4.04. The molecule has 0 aliphatic rings. The summed E-state index contributed by atoms with van der Waals surface area (Å²) >= 11 is 8.76. The molecule has 0 spiro atoms. The standard InChI is InChI=1S/C20H19ClN4O3S3/c1-3-11-29-20-24-23-19(30-20)22-18(26)13-25(17-12-15(21)10-9-14(17)2)31(27,28)16-7-5-4-6-8-16/h3-10,12H,1,11,13H2,2H3,(H,22,23,26). The molecule has 0 aliphatic carbocycles. The van der Waals surface area contributed by atoms with E-state index in [1.165, 1.54) is 41.3 Å². The minimum atomic E-state index is -4.02. The smallest absolute Gasteiger partial charge is 0.264 e. The van der Waals surface area contributed by atoms with Crippen LogP contribution < -0.4 is 9.62 Å². The molecule has 31 heavy (non-hydrogen) atoms. The largest absolute Gasteiger partial charge is 0.299 e. The molecule has 0 fully saturated rings. The molecular formula is C20H19ClN4O3S3. The monoisotopic (exact) mass is 494 g/mol. The van der Waals surface area contributed by atoms with Crippen LogP contribution in [-0.2, 0) is 14.8 Å². The van der Waals surface area contributed by atoms with Gasteiger partial charge >= 0.3 is 0 Å². The summed E-state index contributed by atoms with van der Waals surface area (Å²) in [5.74, 6) is 0.120. The van der Waals surface area contributed by atoms with Crippen molar-refractivity contribution < 1.29 is 13.2 Å². The summed E-state index contributed by atoms with van der Waals surface area (Å²) in [5, 5.41) is 11.2. The molecule has 1 aromatic heterocycles. The number of sulfonamides is 1. The number of carbonyl (C=O) groups excluding carboxylic acids is 1. The van der Waals surface area contributed by atoms with Crippen LogP contribution in [0.4, 0.5) is 10.8 Å². The summed E-state index contributed by atoms with van der Waals surface area (Å²) in [7, 11) is -4.02. The number of nitrogens with zero attached hydrogens (tertiary/aromatic N) is 3. The summed E-state index contributed by atoms with van der Waals surface area (Å²) in [6.07, 6.45) is 1.74. The number of hydrogen-bond acceptors (Lipinski definition) is 7. The zero-order chi connectivity index (χ0) is 22.4. The number of nitrogens with one attached hydrogen (secondary N) is 1. The van der Waals surface area contributed by atoms with Crippen LogP contribution in [0.5, 0.6) is 0 Å². The molecule has 3 rings (SSSR count). The highest BCUT2D eigenvalue weighted by Gasteiger charge is 2.28. The van der Waals surface area contributed by atoms with Crippen LogP contribution in [0.25, 0.3) is 0 Å². The summed E-state index contributed by atoms with van der Waals surface area (Å²) < 4.78 is 28.5. The Kier molecular flexibility index (Phi) is 7.71. The molecule has 1 heterocycles. The van der Waals surface area contributed by atoms with E-state index in [0.29, 0.717) is 26.4 Å². The van der Waals surface area contributed by atoms with Gasteiger partial charge in [-0.15, -0.1) is 16.8 Å². The Morgan fingerprint density at radius 3 is 2.71 bits per heavy atom. The first-order valence-electron chi connectivity index (χ1n) is 9.02. The van der Waals surface area contributed by atoms with Crippen molar-refractivity contribution in [1.82, 2.24) is 10.2 Å². The molecule has 162 valence electrons. The number of carbonyl (C=O) groups is 1. The van der Waals surface area contributed by atoms with Gasteiger partial charge in [0.2, 0.25) is 11.0 Å². The maximum absolute atomic E-state index is 13.4. The molecule has 0 atom stereocenters. The first kappa shape index (κ1) is 23.3. The van der Waals surface area contributed by atoms with Gasteiger partial charge in [0.05, 0.1) is 10.6 Å². The van der Waals surface area contributed by atoms with Gasteiger partial charge < -0.3 is 0 Å². The normalized spacial score (nSPS) is 11.2. The van der Waals surface area contributed by atoms with Crippen LogP contribution in [-0.4, -0.2) is 36.8 Å². The molecule has 7 nitrogen and oxygen atoms in total. The highest BCUT2D eigenvalue weighted by molar-refractivity contribution is 8.01. The van der Waals surface area contributed by atoms with Gasteiger partial charge in [0.25, 0.3) is 10.0 Å². The molecule has 0 aliphatic heterocycles. The number of benzene rings is 2. The number of thioether (sulfide) groups is 1. The number of amides is 1. The molecule has 0 radical (unpaired) electrons. The Labute approximate surface area is 194 Å². The zero-order valence-electron chi connectivity index (χ0n) is 16.5. The van der Waals surface area contributed by atoms with E-state index >= 15 is 0 Å². The average Bonchev–Trinajstić information content (AvgIpc) is 3.20. The van der Waals surface area contributed by atoms with Crippen LogP contribution in [0, 0.1) is 6.92 Å². The molecule has 0 bridgehead atoms. The van der Waals surface area contributed by atoms with Crippen molar-refractivity contribution in [3.8, 4) is 0 Å². The zero-order valence-corrected chi connectivity index (χ0v) is 19.7. The highest BCUT2D eigenvalue weighted by Crippen LogP contribution is 2.30. The number of rotatable bonds is 9. The lowest BCUT2D eigenvalue weighted by atomic mass is 10.2. The SMILES string of the molecule is C=CCSc1nnc(NC(=O)CN(c2cc(Cl)ccc2C)S(=O)(=O)c2ccccc2)s1. The molecule has 1 amide bonds. The fourth-order valence-electron chi connectivity index (χ4n) is 2.61. The highest BCUT2D eigenvalue weighted by atomic mass is 35.5. The van der Waals surface area contributed by atoms with E-state index in [1.807, 2.05) is 0 Å². The van der Waals surface area contributed by atoms with Gasteiger partial charge in [-0.3, -0.25) is 14.4 Å². The summed E-state index contributed by atoms with van der Waals surface area (Å²) in [4.78, 5) is 12.8. The van der Waals surface area contributed by atoms with Crippen LogP contribution in [0.15, 0.2) is 70.4 Å². The van der Waals surface area contributed by atoms with Gasteiger partial charge in [-0.2, -0.15) is 0 Å². The second-order valence-corrected chi connectivity index (χ2v) is 10.8. The van der Waals surface area contributed by atoms with E-state index in [9.17, 15) is 13.2 Å². The van der Waals surface area contributed by atoms with Crippen LogP contribution in [0.3, 0.4) is 0 Å². The van der Waals surface area contributed by atoms with Crippen molar-refractivity contribution in [2.45, 2.75) is 16.2 Å². The molecule has 0 saturated carbocycles. The fourth-order valence-corrected chi connectivity index (χ4v) is 5.80. The first-order chi connectivity index (χ1) is 14.8. The third kappa shape index (κ3) is 5.85. The second-order valence-electron chi connectivity index (χ2n) is 6.28. The van der Waals surface area contributed by atoms with Crippen molar-refractivity contribution in [3.05, 3.63) is 71.8 Å². The molecular weight excluding hydrogens is 476 g/mol. The van der Waals surface area contributed by atoms with E-state index in [1.54, 1.807) is 43.3 Å². The van der Waals surface area contributed by atoms with E-state index in [0.717, 1.165) is 4.31 Å². The van der Waals surface area contributed by atoms with Crippen LogP contribution >= 0.6 is 34.7 Å². The average molecular weight is 495 g/mol. The summed E-state index contributed by atoms with van der Waals surface area (Å²) in [6.45, 7) is 4.95. The van der Waals surface area contributed by atoms with Crippen molar-refractivity contribution in [2.75, 3.05) is 21.9 Å². The predicted molar refractivity (Wildman–Crippen MR) is 127 cm³/mol. The minimum absolute atomic E-state index is 0.0706. The van der Waals surface area contributed by atoms with E-state index in [2.05, 4.69) is 22.1 Å². The topological polar surface area (TPSA) is 92.3 Å². The fraction of sp³-hybridized carbons (Fsp3) is 0.150. The molecule has 11 heteroatoms. The van der Waals surface area contributed by atoms with Crippen molar-refractivity contribution in [1.29, 1.82) is 0 Å². The Morgan fingerprint density at radius 1 is 1.26 bits per heavy atom. The molecule has 1 N–H and O–H groups in total. The van der Waals surface area contributed by atoms with Gasteiger partial charge in [0.1, 0.15) is 6.54 Å². The summed E-state index contributed by atoms with van der Waals surface area (Å²) in [6, 6.07) is 12.8. The summed E-state index contributed by atoms with van der Waals surface area (Å²) in [5.41, 5.74) is 0.988. The third-order valence-corrected chi connectivity index (χ3v) is 8.01. The van der Waals surface area contributed by atoms with Gasteiger partial charge in [0.15, 0.2) is 4.34 Å². The predicted octanol–water partition coefficient (Wildman–Crippen LogP) is 4.61. The lowest BCUT2D eigenvalue weighted by Gasteiger charge is -2.25. The van der Waals surface area contributed by atoms with Crippen LogP contribution in [0.2, 0.25) is 5.02 Å². The molecule has 0 saturated heterocycles. The number of aromatic nitrogens is 2. The van der Waals surface area contributed by atoms with Gasteiger partial charge in [0, 0.05) is 10.8 Å². The number of anilines is 2. The van der Waals surface area contributed by atoms with Gasteiger partial charge in [-0.05, 0) is 36.8 Å². The van der Waals surface area contributed by atoms with E-state index in [4.69, 9.17) is 11.6 Å². The maximum atomic E-state index is 13.4. The molecule has 3 aromatic rings. The van der Waals surface area contributed by atoms with E-state index in [-0.39, 0.29) is 10.0 Å². The Balaban J connectivity index is 1.90. The van der Waals surface area contributed by atoms with Crippen LogP contribution in [0.1, 0.15) is 5.56 Å². The molecule has 2 aromatic carbocycles.